The molecule has 1 amide bonds. The molecule has 0 aliphatic rings. The van der Waals surface area contributed by atoms with Crippen LogP contribution in [0.3, 0.4) is 0 Å². The maximum atomic E-state index is 12.7. The van der Waals surface area contributed by atoms with Gasteiger partial charge in [0.05, 0.1) is 30.4 Å². The summed E-state index contributed by atoms with van der Waals surface area (Å²) in [6, 6.07) is 7.05. The van der Waals surface area contributed by atoms with Gasteiger partial charge < -0.3 is 20.5 Å². The van der Waals surface area contributed by atoms with Gasteiger partial charge in [0.2, 0.25) is 5.88 Å². The highest BCUT2D eigenvalue weighted by molar-refractivity contribution is 7.17. The first-order chi connectivity index (χ1) is 15.9. The van der Waals surface area contributed by atoms with Crippen molar-refractivity contribution in [2.75, 3.05) is 17.2 Å². The van der Waals surface area contributed by atoms with Gasteiger partial charge in [-0.25, -0.2) is 14.6 Å². The molecule has 1 aromatic carbocycles. The lowest BCUT2D eigenvalue weighted by Crippen LogP contribution is -2.12. The summed E-state index contributed by atoms with van der Waals surface area (Å²) in [5, 5.41) is 21.1. The zero-order valence-corrected chi connectivity index (χ0v) is 19.5. The number of nitrogens with one attached hydrogen (secondary N) is 2. The Morgan fingerprint density at radius 3 is 2.67 bits per heavy atom. The molecule has 3 heterocycles. The number of aromatic nitrogens is 4. The van der Waals surface area contributed by atoms with Crippen LogP contribution < -0.4 is 15.4 Å². The summed E-state index contributed by atoms with van der Waals surface area (Å²) in [6.45, 7) is 8.04. The predicted molar refractivity (Wildman–Crippen MR) is 128 cm³/mol. The van der Waals surface area contributed by atoms with Crippen LogP contribution in [0.2, 0.25) is 0 Å². The fraction of sp³-hybridized carbons (Fsp3) is 0.217. The van der Waals surface area contributed by atoms with Crippen LogP contribution in [0.15, 0.2) is 42.9 Å². The topological polar surface area (TPSA) is 114 Å². The minimum absolute atomic E-state index is 0.136. The highest BCUT2D eigenvalue weighted by Gasteiger charge is 2.16. The molecule has 0 fully saturated rings. The van der Waals surface area contributed by atoms with Crippen molar-refractivity contribution >= 4 is 33.9 Å². The van der Waals surface area contributed by atoms with Crippen molar-refractivity contribution in [1.82, 2.24) is 19.7 Å². The number of ether oxygens (including phenoxy) is 1. The monoisotopic (exact) mass is 464 g/mol. The van der Waals surface area contributed by atoms with Crippen LogP contribution in [-0.4, -0.2) is 37.4 Å². The third-order valence-electron chi connectivity index (χ3n) is 5.01. The molecule has 3 N–H and O–H groups in total. The van der Waals surface area contributed by atoms with Crippen LogP contribution in [0.1, 0.15) is 33.3 Å². The first kappa shape index (κ1) is 22.3. The number of carbonyl (C=O) groups excluding carboxylic acids is 1. The standard InChI is InChI=1S/C23H24N6O3S/c1-5-32-19-9-7-16(10-24-19)29-12-14(3)21(28-29)27-23-25-11-18(33-23)22(31)26-20-13(2)6-8-17(30)15(20)4/h6-12,30H,5H2,1-4H3,(H,26,31)(H,25,27,28). The number of rotatable bonds is 7. The van der Waals surface area contributed by atoms with E-state index in [1.54, 1.807) is 36.0 Å². The Bertz CT molecular complexity index is 1300. The number of phenols is 1. The Labute approximate surface area is 195 Å². The van der Waals surface area contributed by atoms with E-state index in [2.05, 4.69) is 25.7 Å². The smallest absolute Gasteiger partial charge is 0.267 e. The number of nitrogens with zero attached hydrogens (tertiary/aromatic N) is 4. The number of anilines is 3. The predicted octanol–water partition coefficient (Wildman–Crippen LogP) is 4.75. The van der Waals surface area contributed by atoms with Crippen molar-refractivity contribution in [3.05, 3.63) is 64.4 Å². The maximum absolute atomic E-state index is 12.7. The average Bonchev–Trinajstić information content (AvgIpc) is 3.42. The maximum Gasteiger partial charge on any atom is 0.267 e. The molecule has 0 spiro atoms. The van der Waals surface area contributed by atoms with E-state index in [1.807, 2.05) is 33.0 Å². The second-order valence-corrected chi connectivity index (χ2v) is 8.43. The number of aryl methyl sites for hydroxylation is 2. The van der Waals surface area contributed by atoms with E-state index >= 15 is 0 Å². The van der Waals surface area contributed by atoms with Crippen molar-refractivity contribution in [2.45, 2.75) is 27.7 Å². The van der Waals surface area contributed by atoms with Crippen LogP contribution in [0.5, 0.6) is 11.6 Å². The molecule has 9 nitrogen and oxygen atoms in total. The summed E-state index contributed by atoms with van der Waals surface area (Å²) in [7, 11) is 0. The minimum Gasteiger partial charge on any atom is -0.508 e. The number of benzene rings is 1. The summed E-state index contributed by atoms with van der Waals surface area (Å²) in [5.41, 5.74) is 3.80. The Morgan fingerprint density at radius 2 is 1.94 bits per heavy atom. The summed E-state index contributed by atoms with van der Waals surface area (Å²) in [6.07, 6.45) is 5.09. The minimum atomic E-state index is -0.292. The van der Waals surface area contributed by atoms with Crippen molar-refractivity contribution < 1.29 is 14.6 Å². The lowest BCUT2D eigenvalue weighted by molar-refractivity contribution is 0.103. The lowest BCUT2D eigenvalue weighted by atomic mass is 10.1. The molecule has 0 bridgehead atoms. The van der Waals surface area contributed by atoms with Crippen LogP contribution >= 0.6 is 11.3 Å². The molecule has 0 saturated heterocycles. The van der Waals surface area contributed by atoms with Gasteiger partial charge in [-0.05, 0) is 45.4 Å². The highest BCUT2D eigenvalue weighted by atomic mass is 32.1. The van der Waals surface area contributed by atoms with E-state index in [0.29, 0.717) is 39.6 Å². The fourth-order valence-electron chi connectivity index (χ4n) is 3.20. The van der Waals surface area contributed by atoms with Gasteiger partial charge in [-0.1, -0.05) is 17.4 Å². The van der Waals surface area contributed by atoms with E-state index < -0.39 is 0 Å². The van der Waals surface area contributed by atoms with E-state index in [1.165, 1.54) is 17.5 Å². The van der Waals surface area contributed by atoms with Crippen LogP contribution in [0.25, 0.3) is 5.69 Å². The molecule has 0 atom stereocenters. The molecule has 10 heteroatoms. The molecule has 0 aliphatic carbocycles. The Morgan fingerprint density at radius 1 is 1.12 bits per heavy atom. The van der Waals surface area contributed by atoms with Crippen LogP contribution in [-0.2, 0) is 0 Å². The van der Waals surface area contributed by atoms with Gasteiger partial charge in [0.15, 0.2) is 10.9 Å². The molecule has 0 radical (unpaired) electrons. The number of hydrogen-bond donors (Lipinski definition) is 3. The van der Waals surface area contributed by atoms with Gasteiger partial charge >= 0.3 is 0 Å². The zero-order chi connectivity index (χ0) is 23.5. The number of phenolic OH excluding ortho intramolecular Hbond substituents is 1. The van der Waals surface area contributed by atoms with Crippen LogP contribution in [0, 0.1) is 20.8 Å². The second-order valence-electron chi connectivity index (χ2n) is 7.40. The summed E-state index contributed by atoms with van der Waals surface area (Å²) in [4.78, 5) is 21.8. The quantitative estimate of drug-likeness (QED) is 0.362. The first-order valence-electron chi connectivity index (χ1n) is 10.3. The summed E-state index contributed by atoms with van der Waals surface area (Å²) in [5.74, 6) is 1.04. The molecule has 0 saturated carbocycles. The first-order valence-corrected chi connectivity index (χ1v) is 11.2. The Kier molecular flexibility index (Phi) is 6.27. The van der Waals surface area contributed by atoms with Crippen molar-refractivity contribution in [2.24, 2.45) is 0 Å². The normalized spacial score (nSPS) is 10.8. The third kappa shape index (κ3) is 4.80. The van der Waals surface area contributed by atoms with Crippen molar-refractivity contribution in [3.8, 4) is 17.3 Å². The molecule has 33 heavy (non-hydrogen) atoms. The van der Waals surface area contributed by atoms with Gasteiger partial charge in [0.25, 0.3) is 5.91 Å². The largest absolute Gasteiger partial charge is 0.508 e. The number of aromatic hydroxyl groups is 1. The number of carbonyl (C=O) groups is 1. The van der Waals surface area contributed by atoms with E-state index in [0.717, 1.165) is 16.8 Å². The number of amides is 1. The van der Waals surface area contributed by atoms with E-state index in [-0.39, 0.29) is 11.7 Å². The van der Waals surface area contributed by atoms with Gasteiger partial charge in [0, 0.05) is 23.4 Å². The lowest BCUT2D eigenvalue weighted by Gasteiger charge is -2.11. The summed E-state index contributed by atoms with van der Waals surface area (Å²) < 4.78 is 7.09. The Balaban J connectivity index is 1.48. The van der Waals surface area contributed by atoms with Gasteiger partial charge in [-0.15, -0.1) is 5.10 Å². The number of pyridine rings is 1. The zero-order valence-electron chi connectivity index (χ0n) is 18.7. The molecule has 170 valence electrons. The van der Waals surface area contributed by atoms with E-state index in [4.69, 9.17) is 4.74 Å². The molecular weight excluding hydrogens is 440 g/mol. The number of thiazole rings is 1. The molecule has 4 rings (SSSR count). The molecule has 0 unspecified atom stereocenters. The second kappa shape index (κ2) is 9.29. The fourth-order valence-corrected chi connectivity index (χ4v) is 3.91. The van der Waals surface area contributed by atoms with Crippen LogP contribution in [0.4, 0.5) is 16.6 Å². The molecule has 0 aliphatic heterocycles. The van der Waals surface area contributed by atoms with Gasteiger partial charge in [-0.3, -0.25) is 4.79 Å². The third-order valence-corrected chi connectivity index (χ3v) is 5.92. The van der Waals surface area contributed by atoms with Crippen molar-refractivity contribution in [1.29, 1.82) is 0 Å². The molecule has 4 aromatic rings. The SMILES string of the molecule is CCOc1ccc(-n2cc(C)c(Nc3ncc(C(=O)Nc4c(C)ccc(O)c4C)s3)n2)cn1. The summed E-state index contributed by atoms with van der Waals surface area (Å²) >= 11 is 1.22. The Hall–Kier alpha value is -3.92. The molecule has 3 aromatic heterocycles. The van der Waals surface area contributed by atoms with E-state index in [9.17, 15) is 9.90 Å². The highest BCUT2D eigenvalue weighted by Crippen LogP contribution is 2.30. The number of hydrogen-bond acceptors (Lipinski definition) is 8. The van der Waals surface area contributed by atoms with Gasteiger partial charge in [-0.2, -0.15) is 0 Å². The average molecular weight is 465 g/mol. The van der Waals surface area contributed by atoms with Crippen molar-refractivity contribution in [3.63, 3.8) is 0 Å². The molecular formula is C23H24N6O3S. The van der Waals surface area contributed by atoms with Gasteiger partial charge in [0.1, 0.15) is 10.6 Å².